The lowest BCUT2D eigenvalue weighted by Crippen LogP contribution is -2.45. The van der Waals surface area contributed by atoms with Gasteiger partial charge >= 0.3 is 0 Å². The first-order chi connectivity index (χ1) is 14.8. The highest BCUT2D eigenvalue weighted by atomic mass is 35.5. The number of likely N-dealkylation sites (N-methyl/N-ethyl adjacent to an activating group) is 1. The van der Waals surface area contributed by atoms with Crippen molar-refractivity contribution in [2.24, 2.45) is 0 Å². The number of aromatic nitrogens is 2. The molecule has 6 nitrogen and oxygen atoms in total. The van der Waals surface area contributed by atoms with Crippen LogP contribution >= 0.6 is 11.6 Å². The average Bonchev–Trinajstić information content (AvgIpc) is 3.23. The second-order valence-electron chi connectivity index (χ2n) is 8.58. The Hall–Kier alpha value is -3.12. The Bertz CT molecular complexity index is 1230. The minimum absolute atomic E-state index is 0.0650. The Morgan fingerprint density at radius 1 is 1.16 bits per heavy atom. The largest absolute Gasteiger partial charge is 0.314 e. The second-order valence-corrected chi connectivity index (χ2v) is 8.99. The summed E-state index contributed by atoms with van der Waals surface area (Å²) < 4.78 is 1.72. The molecule has 0 fully saturated rings. The van der Waals surface area contributed by atoms with Gasteiger partial charge in [-0.3, -0.25) is 9.59 Å². The number of nitrogens with one attached hydrogen (secondary N) is 1. The predicted octanol–water partition coefficient (Wildman–Crippen LogP) is 4.31. The highest BCUT2D eigenvalue weighted by molar-refractivity contribution is 6.31. The number of amides is 2. The van der Waals surface area contributed by atoms with Crippen LogP contribution in [0.4, 0.5) is 11.5 Å². The Morgan fingerprint density at radius 2 is 1.94 bits per heavy atom. The molecule has 2 amide bonds. The number of rotatable bonds is 3. The van der Waals surface area contributed by atoms with Crippen LogP contribution in [0.1, 0.15) is 48.4 Å². The molecule has 158 valence electrons. The minimum Gasteiger partial charge on any atom is -0.314 e. The molecule has 0 radical (unpaired) electrons. The first-order valence-corrected chi connectivity index (χ1v) is 10.7. The van der Waals surface area contributed by atoms with Crippen LogP contribution in [0.5, 0.6) is 0 Å². The fourth-order valence-corrected chi connectivity index (χ4v) is 4.93. The van der Waals surface area contributed by atoms with Crippen LogP contribution in [0.3, 0.4) is 0 Å². The van der Waals surface area contributed by atoms with Crippen LogP contribution in [0.2, 0.25) is 5.02 Å². The van der Waals surface area contributed by atoms with Crippen molar-refractivity contribution < 1.29 is 9.59 Å². The molecule has 5 rings (SSSR count). The van der Waals surface area contributed by atoms with Crippen molar-refractivity contribution in [1.82, 2.24) is 9.78 Å². The maximum atomic E-state index is 13.6. The van der Waals surface area contributed by atoms with E-state index in [1.807, 2.05) is 30.3 Å². The lowest BCUT2D eigenvalue weighted by atomic mass is 9.71. The van der Waals surface area contributed by atoms with Crippen molar-refractivity contribution in [1.29, 1.82) is 0 Å². The van der Waals surface area contributed by atoms with E-state index in [1.165, 1.54) is 0 Å². The van der Waals surface area contributed by atoms with Crippen molar-refractivity contribution in [2.45, 2.75) is 38.1 Å². The third-order valence-corrected chi connectivity index (χ3v) is 6.81. The smallest absolute Gasteiger partial charge is 0.242 e. The molecular weight excluding hydrogens is 412 g/mol. The van der Waals surface area contributed by atoms with Gasteiger partial charge in [-0.05, 0) is 34.7 Å². The second kappa shape index (κ2) is 6.95. The van der Waals surface area contributed by atoms with Crippen molar-refractivity contribution in [3.63, 3.8) is 0 Å². The molecular formula is C24H23ClN4O2. The predicted molar refractivity (Wildman–Crippen MR) is 121 cm³/mol. The van der Waals surface area contributed by atoms with Crippen molar-refractivity contribution >= 4 is 34.9 Å². The molecule has 31 heavy (non-hydrogen) atoms. The maximum Gasteiger partial charge on any atom is 0.242 e. The maximum absolute atomic E-state index is 13.6. The van der Waals surface area contributed by atoms with E-state index < -0.39 is 5.41 Å². The highest BCUT2D eigenvalue weighted by Gasteiger charge is 2.56. The summed E-state index contributed by atoms with van der Waals surface area (Å²) in [6.07, 6.45) is 1.78. The lowest BCUT2D eigenvalue weighted by Gasteiger charge is -2.32. The molecule has 1 unspecified atom stereocenters. The minimum atomic E-state index is -1.06. The summed E-state index contributed by atoms with van der Waals surface area (Å²) in [6.45, 7) is 4.64. The molecule has 0 saturated carbocycles. The summed E-state index contributed by atoms with van der Waals surface area (Å²) in [4.78, 5) is 28.2. The van der Waals surface area contributed by atoms with E-state index in [0.29, 0.717) is 23.3 Å². The normalized spacial score (nSPS) is 19.7. The van der Waals surface area contributed by atoms with Crippen LogP contribution in [0.25, 0.3) is 0 Å². The molecule has 1 N–H and O–H groups in total. The SMILES string of the molecule is CC(C)c1ccc2c(c1)C1(CC(=O)Nc3c1cnn3Cc1ccccc1Cl)C(=O)N2C. The van der Waals surface area contributed by atoms with E-state index in [4.69, 9.17) is 11.6 Å². The number of fused-ring (bicyclic) bond motifs is 4. The lowest BCUT2D eigenvalue weighted by molar-refractivity contribution is -0.126. The number of carbonyl (C=O) groups excluding carboxylic acids is 2. The van der Waals surface area contributed by atoms with E-state index in [2.05, 4.69) is 36.4 Å². The molecule has 2 aliphatic rings. The van der Waals surface area contributed by atoms with Gasteiger partial charge in [-0.2, -0.15) is 5.10 Å². The summed E-state index contributed by atoms with van der Waals surface area (Å²) in [5.74, 6) is 0.568. The van der Waals surface area contributed by atoms with E-state index in [9.17, 15) is 9.59 Å². The number of carbonyl (C=O) groups is 2. The van der Waals surface area contributed by atoms with Gasteiger partial charge in [0, 0.05) is 29.7 Å². The molecule has 2 aromatic carbocycles. The van der Waals surface area contributed by atoms with Gasteiger partial charge in [0.2, 0.25) is 11.8 Å². The molecule has 3 aromatic rings. The molecule has 0 bridgehead atoms. The number of hydrogen-bond acceptors (Lipinski definition) is 3. The van der Waals surface area contributed by atoms with Crippen LogP contribution in [0.15, 0.2) is 48.7 Å². The topological polar surface area (TPSA) is 67.2 Å². The molecule has 1 aromatic heterocycles. The summed E-state index contributed by atoms with van der Waals surface area (Å²) in [7, 11) is 1.77. The van der Waals surface area contributed by atoms with Gasteiger partial charge in [-0.25, -0.2) is 4.68 Å². The van der Waals surface area contributed by atoms with Crippen LogP contribution < -0.4 is 10.2 Å². The van der Waals surface area contributed by atoms with E-state index in [1.54, 1.807) is 22.8 Å². The van der Waals surface area contributed by atoms with Crippen molar-refractivity contribution in [2.75, 3.05) is 17.3 Å². The Morgan fingerprint density at radius 3 is 2.68 bits per heavy atom. The number of anilines is 2. The third kappa shape index (κ3) is 2.82. The van der Waals surface area contributed by atoms with Gasteiger partial charge < -0.3 is 10.2 Å². The molecule has 1 spiro atoms. The third-order valence-electron chi connectivity index (χ3n) is 6.44. The van der Waals surface area contributed by atoms with E-state index in [-0.39, 0.29) is 18.2 Å². The molecule has 7 heteroatoms. The average molecular weight is 435 g/mol. The van der Waals surface area contributed by atoms with Gasteiger partial charge in [-0.1, -0.05) is 55.8 Å². The van der Waals surface area contributed by atoms with Crippen molar-refractivity contribution in [3.05, 3.63) is 75.9 Å². The number of halogens is 1. The number of nitrogens with zero attached hydrogens (tertiary/aromatic N) is 3. The Kier molecular flexibility index (Phi) is 4.45. The summed E-state index contributed by atoms with van der Waals surface area (Å²) in [5.41, 5.74) is 3.41. The van der Waals surface area contributed by atoms with Gasteiger partial charge in [0.1, 0.15) is 11.2 Å². The Labute approximate surface area is 185 Å². The van der Waals surface area contributed by atoms with E-state index in [0.717, 1.165) is 27.9 Å². The molecule has 1 atom stereocenters. The number of hydrogen-bond donors (Lipinski definition) is 1. The van der Waals surface area contributed by atoms with Crippen LogP contribution in [-0.2, 0) is 21.5 Å². The zero-order chi connectivity index (χ0) is 21.9. The van der Waals surface area contributed by atoms with Gasteiger partial charge in [0.25, 0.3) is 0 Å². The molecule has 0 aliphatic carbocycles. The van der Waals surface area contributed by atoms with Crippen LogP contribution in [-0.4, -0.2) is 28.6 Å². The number of benzene rings is 2. The monoisotopic (exact) mass is 434 g/mol. The molecule has 3 heterocycles. The van der Waals surface area contributed by atoms with Gasteiger partial charge in [0.15, 0.2) is 0 Å². The fourth-order valence-electron chi connectivity index (χ4n) is 4.74. The molecule has 0 saturated heterocycles. The highest BCUT2D eigenvalue weighted by Crippen LogP contribution is 2.52. The summed E-state index contributed by atoms with van der Waals surface area (Å²) in [6, 6.07) is 13.7. The fraction of sp³-hybridized carbons (Fsp3) is 0.292. The zero-order valence-electron chi connectivity index (χ0n) is 17.6. The van der Waals surface area contributed by atoms with Crippen molar-refractivity contribution in [3.8, 4) is 0 Å². The van der Waals surface area contributed by atoms with Gasteiger partial charge in [0.05, 0.1) is 12.7 Å². The standard InChI is InChI=1S/C24H23ClN4O2/c1-14(2)15-8-9-20-17(10-15)24(23(31)28(20)3)11-21(30)27-22-18(24)12-26-29(22)13-16-6-4-5-7-19(16)25/h4-10,12,14H,11,13H2,1-3H3,(H,27,30). The zero-order valence-corrected chi connectivity index (χ0v) is 18.4. The molecule has 2 aliphatic heterocycles. The Balaban J connectivity index is 1.69. The summed E-state index contributed by atoms with van der Waals surface area (Å²) >= 11 is 6.34. The van der Waals surface area contributed by atoms with E-state index >= 15 is 0 Å². The first kappa shape index (κ1) is 19.8. The first-order valence-electron chi connectivity index (χ1n) is 10.3. The summed E-state index contributed by atoms with van der Waals surface area (Å²) in [5, 5.41) is 8.13. The quantitative estimate of drug-likeness (QED) is 0.667. The van der Waals surface area contributed by atoms with Gasteiger partial charge in [-0.15, -0.1) is 0 Å². The van der Waals surface area contributed by atoms with Crippen LogP contribution in [0, 0.1) is 0 Å².